The molecular weight excluding hydrogens is 522 g/mol. The van der Waals surface area contributed by atoms with Crippen molar-refractivity contribution in [3.05, 3.63) is 59.5 Å². The molecular formula is C23H32FIN6O. The number of halogens is 2. The Balaban J connectivity index is 0.00000363. The van der Waals surface area contributed by atoms with Gasteiger partial charge in [0.15, 0.2) is 5.96 Å². The summed E-state index contributed by atoms with van der Waals surface area (Å²) < 4.78 is 20.5. The molecule has 3 rings (SSSR count). The first-order valence-corrected chi connectivity index (χ1v) is 10.6. The fourth-order valence-corrected chi connectivity index (χ4v) is 3.39. The maximum absolute atomic E-state index is 13.1. The third kappa shape index (κ3) is 6.78. The molecule has 0 unspecified atom stereocenters. The van der Waals surface area contributed by atoms with Crippen LogP contribution >= 0.6 is 24.0 Å². The van der Waals surface area contributed by atoms with Crippen molar-refractivity contribution in [2.45, 2.75) is 39.7 Å². The second kappa shape index (κ2) is 12.0. The van der Waals surface area contributed by atoms with Gasteiger partial charge < -0.3 is 14.6 Å². The zero-order valence-corrected chi connectivity index (χ0v) is 21.6. The van der Waals surface area contributed by atoms with Gasteiger partial charge in [-0.2, -0.15) is 5.10 Å². The Labute approximate surface area is 206 Å². The lowest BCUT2D eigenvalue weighted by molar-refractivity contribution is 0.473. The maximum Gasteiger partial charge on any atom is 0.226 e. The molecule has 1 aromatic carbocycles. The van der Waals surface area contributed by atoms with E-state index in [1.54, 1.807) is 18.4 Å². The van der Waals surface area contributed by atoms with E-state index in [1.807, 2.05) is 18.8 Å². The fourth-order valence-electron chi connectivity index (χ4n) is 3.39. The van der Waals surface area contributed by atoms with E-state index in [1.165, 1.54) is 17.7 Å². The summed E-state index contributed by atoms with van der Waals surface area (Å²) in [5.41, 5.74) is 3.88. The normalized spacial score (nSPS) is 11.5. The summed E-state index contributed by atoms with van der Waals surface area (Å²) in [7, 11) is 3.98. The molecule has 0 aliphatic rings. The SMILES string of the molecule is CCNC(=NCCc1coc(-c2ccc(F)cc2)n1)N(C)Cc1cn(C)nc1C(C)C.I. The number of nitrogens with zero attached hydrogens (tertiary/aromatic N) is 5. The number of hydrogen-bond acceptors (Lipinski definition) is 4. The van der Waals surface area contributed by atoms with E-state index in [2.05, 4.69) is 47.3 Å². The van der Waals surface area contributed by atoms with Gasteiger partial charge in [0, 0.05) is 57.5 Å². The van der Waals surface area contributed by atoms with Gasteiger partial charge in [-0.3, -0.25) is 9.67 Å². The van der Waals surface area contributed by atoms with Gasteiger partial charge in [0.2, 0.25) is 5.89 Å². The van der Waals surface area contributed by atoms with Crippen molar-refractivity contribution in [3.63, 3.8) is 0 Å². The van der Waals surface area contributed by atoms with Crippen LogP contribution in [0.5, 0.6) is 0 Å². The molecule has 0 saturated carbocycles. The van der Waals surface area contributed by atoms with Gasteiger partial charge in [-0.1, -0.05) is 13.8 Å². The summed E-state index contributed by atoms with van der Waals surface area (Å²) in [4.78, 5) is 11.4. The van der Waals surface area contributed by atoms with Gasteiger partial charge in [-0.25, -0.2) is 9.37 Å². The van der Waals surface area contributed by atoms with E-state index < -0.39 is 0 Å². The number of aromatic nitrogens is 3. The molecule has 2 aromatic heterocycles. The Kier molecular flexibility index (Phi) is 9.67. The minimum atomic E-state index is -0.281. The Morgan fingerprint density at radius 2 is 2.00 bits per heavy atom. The Morgan fingerprint density at radius 1 is 1.28 bits per heavy atom. The van der Waals surface area contributed by atoms with E-state index in [0.717, 1.165) is 36.0 Å². The predicted molar refractivity (Wildman–Crippen MR) is 136 cm³/mol. The molecule has 9 heteroatoms. The summed E-state index contributed by atoms with van der Waals surface area (Å²) >= 11 is 0. The Bertz CT molecular complexity index is 1010. The predicted octanol–water partition coefficient (Wildman–Crippen LogP) is 4.60. The van der Waals surface area contributed by atoms with Crippen LogP contribution in [0.4, 0.5) is 4.39 Å². The summed E-state index contributed by atoms with van der Waals surface area (Å²) in [6, 6.07) is 6.11. The lowest BCUT2D eigenvalue weighted by Gasteiger charge is -2.22. The van der Waals surface area contributed by atoms with Crippen LogP contribution in [0.2, 0.25) is 0 Å². The number of aryl methyl sites for hydroxylation is 1. The number of hydrogen-bond donors (Lipinski definition) is 1. The molecule has 0 aliphatic carbocycles. The first kappa shape index (κ1) is 25.8. The van der Waals surface area contributed by atoms with Crippen LogP contribution in [0.1, 0.15) is 43.6 Å². The van der Waals surface area contributed by atoms with Crippen molar-refractivity contribution in [3.8, 4) is 11.5 Å². The molecule has 0 bridgehead atoms. The van der Waals surface area contributed by atoms with E-state index >= 15 is 0 Å². The van der Waals surface area contributed by atoms with Crippen LogP contribution in [0, 0.1) is 5.82 Å². The van der Waals surface area contributed by atoms with Gasteiger partial charge in [-0.05, 0) is 37.1 Å². The van der Waals surface area contributed by atoms with Gasteiger partial charge in [0.1, 0.15) is 12.1 Å². The van der Waals surface area contributed by atoms with E-state index in [9.17, 15) is 4.39 Å². The van der Waals surface area contributed by atoms with E-state index in [4.69, 9.17) is 9.41 Å². The quantitative estimate of drug-likeness (QED) is 0.251. The van der Waals surface area contributed by atoms with Crippen LogP contribution in [0.15, 0.2) is 46.1 Å². The lowest BCUT2D eigenvalue weighted by Crippen LogP contribution is -2.38. The van der Waals surface area contributed by atoms with E-state index in [0.29, 0.717) is 24.8 Å². The number of rotatable bonds is 8. The number of oxazole rings is 1. The molecule has 0 amide bonds. The summed E-state index contributed by atoms with van der Waals surface area (Å²) in [5.74, 6) is 1.41. The topological polar surface area (TPSA) is 71.5 Å². The molecule has 3 aromatic rings. The molecule has 32 heavy (non-hydrogen) atoms. The van der Waals surface area contributed by atoms with Crippen LogP contribution < -0.4 is 5.32 Å². The van der Waals surface area contributed by atoms with Crippen LogP contribution in [0.25, 0.3) is 11.5 Å². The molecule has 0 spiro atoms. The van der Waals surface area contributed by atoms with Gasteiger partial charge in [0.25, 0.3) is 0 Å². The second-order valence-corrected chi connectivity index (χ2v) is 7.86. The summed E-state index contributed by atoms with van der Waals surface area (Å²) in [6.07, 6.45) is 4.36. The molecule has 174 valence electrons. The third-order valence-electron chi connectivity index (χ3n) is 4.86. The smallest absolute Gasteiger partial charge is 0.226 e. The zero-order valence-electron chi connectivity index (χ0n) is 19.3. The van der Waals surface area contributed by atoms with Crippen LogP contribution in [-0.2, 0) is 20.0 Å². The zero-order chi connectivity index (χ0) is 22.4. The average Bonchev–Trinajstić information content (AvgIpc) is 3.34. The largest absolute Gasteiger partial charge is 0.444 e. The first-order chi connectivity index (χ1) is 14.9. The Hall–Kier alpha value is -2.43. The van der Waals surface area contributed by atoms with Crippen molar-refractivity contribution in [1.82, 2.24) is 25.0 Å². The molecule has 0 fully saturated rings. The van der Waals surface area contributed by atoms with Crippen molar-refractivity contribution >= 4 is 29.9 Å². The van der Waals surface area contributed by atoms with Crippen molar-refractivity contribution in [2.24, 2.45) is 12.0 Å². The lowest BCUT2D eigenvalue weighted by atomic mass is 10.1. The summed E-state index contributed by atoms with van der Waals surface area (Å²) in [5, 5.41) is 7.94. The minimum Gasteiger partial charge on any atom is -0.444 e. The maximum atomic E-state index is 13.1. The van der Waals surface area contributed by atoms with Gasteiger partial charge >= 0.3 is 0 Å². The molecule has 1 N–H and O–H groups in total. The highest BCUT2D eigenvalue weighted by atomic mass is 127. The summed E-state index contributed by atoms with van der Waals surface area (Å²) in [6.45, 7) is 8.45. The number of guanidine groups is 1. The van der Waals surface area contributed by atoms with Gasteiger partial charge in [0.05, 0.1) is 11.4 Å². The molecule has 7 nitrogen and oxygen atoms in total. The molecule has 2 heterocycles. The fraction of sp³-hybridized carbons (Fsp3) is 0.435. The molecule has 0 saturated heterocycles. The number of nitrogens with one attached hydrogen (secondary N) is 1. The highest BCUT2D eigenvalue weighted by Crippen LogP contribution is 2.20. The van der Waals surface area contributed by atoms with Crippen molar-refractivity contribution in [1.29, 1.82) is 0 Å². The highest BCUT2D eigenvalue weighted by molar-refractivity contribution is 14.0. The number of benzene rings is 1. The highest BCUT2D eigenvalue weighted by Gasteiger charge is 2.15. The molecule has 0 atom stereocenters. The molecule has 0 radical (unpaired) electrons. The third-order valence-corrected chi connectivity index (χ3v) is 4.86. The van der Waals surface area contributed by atoms with E-state index in [-0.39, 0.29) is 29.8 Å². The standard InChI is InChI=1S/C23H31FN6O.HI/c1-6-25-23(29(4)13-18-14-30(5)28-21(18)16(2)3)26-12-11-20-15-31-22(27-20)17-7-9-19(24)10-8-17;/h7-10,14-16H,6,11-13H2,1-5H3,(H,25,26);1H. The van der Waals surface area contributed by atoms with Gasteiger partial charge in [-0.15, -0.1) is 24.0 Å². The number of aliphatic imine (C=N–C) groups is 1. The minimum absolute atomic E-state index is 0. The van der Waals surface area contributed by atoms with Crippen molar-refractivity contribution < 1.29 is 8.81 Å². The molecule has 0 aliphatic heterocycles. The first-order valence-electron chi connectivity index (χ1n) is 10.6. The monoisotopic (exact) mass is 554 g/mol. The van der Waals surface area contributed by atoms with Crippen molar-refractivity contribution in [2.75, 3.05) is 20.1 Å². The second-order valence-electron chi connectivity index (χ2n) is 7.86. The van der Waals surface area contributed by atoms with Crippen LogP contribution in [0.3, 0.4) is 0 Å². The Morgan fingerprint density at radius 3 is 2.66 bits per heavy atom. The van der Waals surface area contributed by atoms with Crippen LogP contribution in [-0.4, -0.2) is 45.8 Å². The average molecular weight is 554 g/mol.